The van der Waals surface area contributed by atoms with E-state index in [4.69, 9.17) is 4.18 Å². The summed E-state index contributed by atoms with van der Waals surface area (Å²) in [6.07, 6.45) is 4.72. The molecule has 1 aromatic carbocycles. The molecule has 1 fully saturated rings. The first-order valence-electron chi connectivity index (χ1n) is 7.54. The zero-order chi connectivity index (χ0) is 17.0. The molecule has 2 rings (SSSR count). The predicted octanol–water partition coefficient (Wildman–Crippen LogP) is 2.86. The number of rotatable bonds is 5. The molecule has 1 aliphatic carbocycles. The van der Waals surface area contributed by atoms with E-state index in [1.165, 1.54) is 19.2 Å². The Morgan fingerprint density at radius 1 is 1.30 bits per heavy atom. The van der Waals surface area contributed by atoms with E-state index in [1.807, 2.05) is 0 Å². The highest BCUT2D eigenvalue weighted by molar-refractivity contribution is 7.85. The van der Waals surface area contributed by atoms with Gasteiger partial charge in [-0.15, -0.1) is 0 Å². The summed E-state index contributed by atoms with van der Waals surface area (Å²) in [7, 11) is -2.29. The molecule has 0 bridgehead atoms. The Morgan fingerprint density at radius 2 is 2.00 bits per heavy atom. The fourth-order valence-electron chi connectivity index (χ4n) is 3.10. The van der Waals surface area contributed by atoms with Crippen LogP contribution in [-0.2, 0) is 19.0 Å². The largest absolute Gasteiger partial charge is 0.465 e. The van der Waals surface area contributed by atoms with E-state index in [1.54, 1.807) is 6.07 Å². The Labute approximate surface area is 135 Å². The van der Waals surface area contributed by atoms with Crippen LogP contribution in [0.1, 0.15) is 47.5 Å². The van der Waals surface area contributed by atoms with Crippen LogP contribution < -0.4 is 0 Å². The van der Waals surface area contributed by atoms with E-state index in [-0.39, 0.29) is 24.0 Å². The van der Waals surface area contributed by atoms with Gasteiger partial charge in [0.25, 0.3) is 10.1 Å². The van der Waals surface area contributed by atoms with Crippen LogP contribution in [0.5, 0.6) is 0 Å². The Balaban J connectivity index is 2.24. The topological polar surface area (TPSA) is 69.7 Å². The van der Waals surface area contributed by atoms with Crippen molar-refractivity contribution in [2.75, 3.05) is 20.0 Å². The molecule has 5 nitrogen and oxygen atoms in total. The smallest absolute Gasteiger partial charge is 0.340 e. The third kappa shape index (κ3) is 4.75. The highest BCUT2D eigenvalue weighted by atomic mass is 32.2. The van der Waals surface area contributed by atoms with Gasteiger partial charge in [-0.1, -0.05) is 18.9 Å². The summed E-state index contributed by atoms with van der Waals surface area (Å²) in [6.45, 7) is 0.106. The van der Waals surface area contributed by atoms with Gasteiger partial charge in [-0.25, -0.2) is 9.18 Å². The number of methoxy groups -OCH3 is 1. The zero-order valence-electron chi connectivity index (χ0n) is 13.2. The first-order valence-corrected chi connectivity index (χ1v) is 9.35. The molecular formula is C16H21FO5S. The van der Waals surface area contributed by atoms with E-state index in [0.717, 1.165) is 37.5 Å². The van der Waals surface area contributed by atoms with Gasteiger partial charge in [0.2, 0.25) is 0 Å². The lowest BCUT2D eigenvalue weighted by Crippen LogP contribution is -2.24. The average molecular weight is 344 g/mol. The van der Waals surface area contributed by atoms with Crippen molar-refractivity contribution in [1.29, 1.82) is 0 Å². The molecule has 0 unspecified atom stereocenters. The van der Waals surface area contributed by atoms with Gasteiger partial charge < -0.3 is 4.74 Å². The van der Waals surface area contributed by atoms with E-state index in [9.17, 15) is 17.6 Å². The van der Waals surface area contributed by atoms with Crippen molar-refractivity contribution >= 4 is 16.1 Å². The number of halogens is 1. The highest BCUT2D eigenvalue weighted by Crippen LogP contribution is 2.38. The van der Waals surface area contributed by atoms with Gasteiger partial charge in [-0.05, 0) is 42.4 Å². The minimum atomic E-state index is -3.50. The molecule has 1 aromatic rings. The lowest BCUT2D eigenvalue weighted by atomic mass is 9.75. The van der Waals surface area contributed by atoms with Crippen LogP contribution in [0, 0.1) is 11.7 Å². The maximum absolute atomic E-state index is 13.8. The van der Waals surface area contributed by atoms with Crippen LogP contribution in [0.15, 0.2) is 18.2 Å². The third-order valence-corrected chi connectivity index (χ3v) is 4.79. The van der Waals surface area contributed by atoms with Crippen LogP contribution in [0.25, 0.3) is 0 Å². The van der Waals surface area contributed by atoms with Crippen molar-refractivity contribution in [2.45, 2.75) is 31.6 Å². The summed E-state index contributed by atoms with van der Waals surface area (Å²) in [5, 5.41) is 0. The highest BCUT2D eigenvalue weighted by Gasteiger charge is 2.29. The van der Waals surface area contributed by atoms with Crippen molar-refractivity contribution in [3.8, 4) is 0 Å². The van der Waals surface area contributed by atoms with Gasteiger partial charge in [-0.2, -0.15) is 8.42 Å². The van der Waals surface area contributed by atoms with Crippen LogP contribution in [0.2, 0.25) is 0 Å². The monoisotopic (exact) mass is 344 g/mol. The number of esters is 1. The van der Waals surface area contributed by atoms with Crippen LogP contribution in [0.4, 0.5) is 4.39 Å². The van der Waals surface area contributed by atoms with Gasteiger partial charge in [0, 0.05) is 0 Å². The fourth-order valence-corrected chi connectivity index (χ4v) is 3.52. The summed E-state index contributed by atoms with van der Waals surface area (Å²) < 4.78 is 45.7. The van der Waals surface area contributed by atoms with Crippen molar-refractivity contribution in [3.05, 3.63) is 35.1 Å². The van der Waals surface area contributed by atoms with Crippen molar-refractivity contribution < 1.29 is 26.5 Å². The summed E-state index contributed by atoms with van der Waals surface area (Å²) in [5.41, 5.74) is 0.715. The summed E-state index contributed by atoms with van der Waals surface area (Å²) in [5.74, 6) is -1.28. The third-order valence-electron chi connectivity index (χ3n) is 4.23. The second-order valence-corrected chi connectivity index (χ2v) is 7.51. The van der Waals surface area contributed by atoms with E-state index < -0.39 is 21.9 Å². The number of carbonyl (C=O) groups is 1. The fraction of sp³-hybridized carbons (Fsp3) is 0.562. The zero-order valence-corrected chi connectivity index (χ0v) is 14.1. The number of carbonyl (C=O) groups excluding carboxylic acids is 1. The molecule has 1 aliphatic rings. The maximum Gasteiger partial charge on any atom is 0.340 e. The molecule has 23 heavy (non-hydrogen) atoms. The Kier molecular flexibility index (Phi) is 5.75. The Hall–Kier alpha value is -1.47. The van der Waals surface area contributed by atoms with E-state index in [0.29, 0.717) is 0 Å². The molecule has 0 aromatic heterocycles. The van der Waals surface area contributed by atoms with Crippen LogP contribution in [0.3, 0.4) is 0 Å². The van der Waals surface area contributed by atoms with Gasteiger partial charge in [0.15, 0.2) is 0 Å². The number of hydrogen-bond acceptors (Lipinski definition) is 5. The quantitative estimate of drug-likeness (QED) is 0.607. The molecule has 0 spiro atoms. The second-order valence-electron chi connectivity index (χ2n) is 5.87. The van der Waals surface area contributed by atoms with Gasteiger partial charge in [0.05, 0.1) is 25.5 Å². The minimum Gasteiger partial charge on any atom is -0.465 e. The summed E-state index contributed by atoms with van der Waals surface area (Å²) >= 11 is 0. The molecule has 0 saturated heterocycles. The summed E-state index contributed by atoms with van der Waals surface area (Å²) in [4.78, 5) is 11.6. The maximum atomic E-state index is 13.8. The van der Waals surface area contributed by atoms with Crippen LogP contribution >= 0.6 is 0 Å². The molecule has 128 valence electrons. The van der Waals surface area contributed by atoms with Gasteiger partial charge >= 0.3 is 5.97 Å². The van der Waals surface area contributed by atoms with E-state index >= 15 is 0 Å². The minimum absolute atomic E-state index is 0.0226. The lowest BCUT2D eigenvalue weighted by molar-refractivity contribution is 0.0595. The lowest BCUT2D eigenvalue weighted by Gasteiger charge is -2.31. The molecule has 0 N–H and O–H groups in total. The molecule has 2 atom stereocenters. The Bertz CT molecular complexity index is 671. The molecular weight excluding hydrogens is 323 g/mol. The van der Waals surface area contributed by atoms with Crippen molar-refractivity contribution in [3.63, 3.8) is 0 Å². The molecule has 0 amide bonds. The number of hydrogen-bond donors (Lipinski definition) is 0. The standard InChI is InChI=1S/C16H21FO5S/c1-21-16(18)14-9-11(7-8-15(14)17)13-6-4-3-5-12(13)10-22-23(2,19)20/h7-9,12-13H,3-6,10H2,1-2H3/t12-,13-/m0/s1. The Morgan fingerprint density at radius 3 is 2.65 bits per heavy atom. The predicted molar refractivity (Wildman–Crippen MR) is 83.2 cm³/mol. The number of ether oxygens (including phenoxy) is 1. The second kappa shape index (κ2) is 7.40. The van der Waals surface area contributed by atoms with E-state index in [2.05, 4.69) is 4.74 Å². The van der Waals surface area contributed by atoms with Gasteiger partial charge in [0.1, 0.15) is 5.82 Å². The first kappa shape index (κ1) is 17.9. The first-order chi connectivity index (χ1) is 10.8. The number of benzene rings is 1. The summed E-state index contributed by atoms with van der Waals surface area (Å²) in [6, 6.07) is 4.40. The average Bonchev–Trinajstić information content (AvgIpc) is 2.52. The van der Waals surface area contributed by atoms with Crippen LogP contribution in [-0.4, -0.2) is 34.4 Å². The molecule has 0 radical (unpaired) electrons. The van der Waals surface area contributed by atoms with Crippen molar-refractivity contribution in [2.24, 2.45) is 5.92 Å². The van der Waals surface area contributed by atoms with Crippen molar-refractivity contribution in [1.82, 2.24) is 0 Å². The SMILES string of the molecule is COC(=O)c1cc([C@@H]2CCCC[C@H]2COS(C)(=O)=O)ccc1F. The molecule has 7 heteroatoms. The van der Waals surface area contributed by atoms with Gasteiger partial charge in [-0.3, -0.25) is 4.18 Å². The molecule has 0 heterocycles. The normalized spacial score (nSPS) is 21.9. The molecule has 0 aliphatic heterocycles. The molecule has 1 saturated carbocycles.